The molecule has 0 saturated carbocycles. The highest BCUT2D eigenvalue weighted by Gasteiger charge is 2.40. The molecule has 0 bridgehead atoms. The molecule has 3 aromatic rings. The maximum Gasteiger partial charge on any atom is 0.258 e. The van der Waals surface area contributed by atoms with Crippen LogP contribution in [0.25, 0.3) is 0 Å². The van der Waals surface area contributed by atoms with Gasteiger partial charge in [-0.05, 0) is 54.4 Å². The number of nitrogens with one attached hydrogen (secondary N) is 1. The third-order valence-corrected chi connectivity index (χ3v) is 6.07. The number of anilines is 2. The van der Waals surface area contributed by atoms with E-state index >= 15 is 0 Å². The molecule has 0 radical (unpaired) electrons. The summed E-state index contributed by atoms with van der Waals surface area (Å²) in [5, 5.41) is 4.33. The van der Waals surface area contributed by atoms with E-state index in [1.807, 2.05) is 35.2 Å². The van der Waals surface area contributed by atoms with Crippen LogP contribution >= 0.6 is 11.6 Å². The van der Waals surface area contributed by atoms with Gasteiger partial charge in [-0.1, -0.05) is 61.8 Å². The van der Waals surface area contributed by atoms with Crippen LogP contribution in [0.4, 0.5) is 11.4 Å². The molecule has 1 aliphatic heterocycles. The average Bonchev–Trinajstić information content (AvgIpc) is 2.76. The highest BCUT2D eigenvalue weighted by Crippen LogP contribution is 2.43. The van der Waals surface area contributed by atoms with Gasteiger partial charge in [-0.25, -0.2) is 0 Å². The number of nitrogens with zero attached hydrogens (tertiary/aromatic N) is 1. The van der Waals surface area contributed by atoms with Gasteiger partial charge in [-0.3, -0.25) is 4.79 Å². The number of carbonyl (C=O) groups excluding carboxylic acids is 1. The quantitative estimate of drug-likeness (QED) is 0.533. The van der Waals surface area contributed by atoms with Gasteiger partial charge in [0.1, 0.15) is 0 Å². The van der Waals surface area contributed by atoms with Crippen molar-refractivity contribution in [3.8, 4) is 0 Å². The van der Waals surface area contributed by atoms with Gasteiger partial charge in [0.15, 0.2) is 0 Å². The van der Waals surface area contributed by atoms with Crippen molar-refractivity contribution in [2.75, 3.05) is 10.2 Å². The predicted octanol–water partition coefficient (Wildman–Crippen LogP) is 6.57. The lowest BCUT2D eigenvalue weighted by molar-refractivity contribution is 0.0960. The molecule has 0 spiro atoms. The number of amides is 1. The average molecular weight is 405 g/mol. The van der Waals surface area contributed by atoms with Crippen molar-refractivity contribution in [2.45, 2.75) is 32.4 Å². The van der Waals surface area contributed by atoms with Crippen molar-refractivity contribution in [2.24, 2.45) is 5.92 Å². The van der Waals surface area contributed by atoms with Crippen LogP contribution in [0.1, 0.15) is 42.2 Å². The van der Waals surface area contributed by atoms with Gasteiger partial charge in [-0.2, -0.15) is 0 Å². The van der Waals surface area contributed by atoms with Gasteiger partial charge >= 0.3 is 0 Å². The summed E-state index contributed by atoms with van der Waals surface area (Å²) in [6, 6.07) is 25.9. The Morgan fingerprint density at radius 2 is 1.62 bits per heavy atom. The second kappa shape index (κ2) is 8.30. The summed E-state index contributed by atoms with van der Waals surface area (Å²) in [5.41, 5.74) is 3.87. The number of fused-ring (bicyclic) bond motifs is 1. The lowest BCUT2D eigenvalue weighted by Crippen LogP contribution is -2.50. The van der Waals surface area contributed by atoms with Crippen molar-refractivity contribution in [1.29, 1.82) is 0 Å². The molecule has 4 rings (SSSR count). The number of hydrogen-bond acceptors (Lipinski definition) is 2. The zero-order chi connectivity index (χ0) is 20.4. The molecule has 1 amide bonds. The molecule has 1 N–H and O–H groups in total. The topological polar surface area (TPSA) is 32.3 Å². The van der Waals surface area contributed by atoms with E-state index in [4.69, 9.17) is 11.6 Å². The molecular weight excluding hydrogens is 380 g/mol. The Morgan fingerprint density at radius 3 is 2.31 bits per heavy atom. The summed E-state index contributed by atoms with van der Waals surface area (Å²) in [6.45, 7) is 4.38. The minimum absolute atomic E-state index is 0.0194. The Hall–Kier alpha value is -2.78. The standard InChI is InChI=1S/C25H25ClN2O/c1-3-22-17(2)24(27-20-9-5-4-6-10-20)21-11-7-8-12-23(21)28(22)25(29)18-13-15-19(26)16-14-18/h4-17,22,24,27H,3H2,1-2H3/t17-,22+,24+/m1/s1. The van der Waals surface area contributed by atoms with E-state index in [1.54, 1.807) is 24.3 Å². The zero-order valence-corrected chi connectivity index (χ0v) is 17.4. The van der Waals surface area contributed by atoms with E-state index < -0.39 is 0 Å². The van der Waals surface area contributed by atoms with Crippen LogP contribution in [0.15, 0.2) is 78.9 Å². The number of carbonyl (C=O) groups is 1. The summed E-state index contributed by atoms with van der Waals surface area (Å²) < 4.78 is 0. The van der Waals surface area contributed by atoms with Crippen molar-refractivity contribution in [3.63, 3.8) is 0 Å². The number of benzene rings is 3. The summed E-state index contributed by atoms with van der Waals surface area (Å²) in [7, 11) is 0. The van der Waals surface area contributed by atoms with E-state index in [-0.39, 0.29) is 23.9 Å². The van der Waals surface area contributed by atoms with Crippen molar-refractivity contribution < 1.29 is 4.79 Å². The van der Waals surface area contributed by atoms with Crippen LogP contribution in [0.2, 0.25) is 5.02 Å². The lowest BCUT2D eigenvalue weighted by Gasteiger charge is -2.45. The molecule has 3 nitrogen and oxygen atoms in total. The monoisotopic (exact) mass is 404 g/mol. The van der Waals surface area contributed by atoms with E-state index in [1.165, 1.54) is 0 Å². The third-order valence-electron chi connectivity index (χ3n) is 5.82. The molecule has 0 aliphatic carbocycles. The molecule has 3 atom stereocenters. The summed E-state index contributed by atoms with van der Waals surface area (Å²) in [5.74, 6) is 0.261. The van der Waals surface area contributed by atoms with Gasteiger partial charge in [0.05, 0.1) is 6.04 Å². The molecule has 0 unspecified atom stereocenters. The minimum atomic E-state index is 0.0194. The molecule has 148 valence electrons. The maximum atomic E-state index is 13.5. The highest BCUT2D eigenvalue weighted by atomic mass is 35.5. The summed E-state index contributed by atoms with van der Waals surface area (Å²) >= 11 is 6.03. The Morgan fingerprint density at radius 1 is 0.966 bits per heavy atom. The molecule has 1 heterocycles. The lowest BCUT2D eigenvalue weighted by atomic mass is 9.80. The normalized spacial score (nSPS) is 20.8. The molecule has 0 fully saturated rings. The van der Waals surface area contributed by atoms with Crippen LogP contribution < -0.4 is 10.2 Å². The second-order valence-electron chi connectivity index (χ2n) is 7.56. The first-order valence-electron chi connectivity index (χ1n) is 10.1. The first-order valence-corrected chi connectivity index (χ1v) is 10.5. The predicted molar refractivity (Wildman–Crippen MR) is 121 cm³/mol. The van der Waals surface area contributed by atoms with Gasteiger partial charge in [0.2, 0.25) is 0 Å². The third kappa shape index (κ3) is 3.75. The second-order valence-corrected chi connectivity index (χ2v) is 8.00. The molecule has 1 aliphatic rings. The fourth-order valence-electron chi connectivity index (χ4n) is 4.36. The van der Waals surface area contributed by atoms with Crippen LogP contribution in [-0.2, 0) is 0 Å². The van der Waals surface area contributed by atoms with Crippen molar-refractivity contribution in [1.82, 2.24) is 0 Å². The summed E-state index contributed by atoms with van der Waals surface area (Å²) in [6.07, 6.45) is 0.877. The van der Waals surface area contributed by atoms with Crippen LogP contribution in [0.5, 0.6) is 0 Å². The first-order chi connectivity index (χ1) is 14.1. The number of hydrogen-bond donors (Lipinski definition) is 1. The maximum absolute atomic E-state index is 13.5. The Labute approximate surface area is 177 Å². The highest BCUT2D eigenvalue weighted by molar-refractivity contribution is 6.30. The summed E-state index contributed by atoms with van der Waals surface area (Å²) in [4.78, 5) is 15.5. The van der Waals surface area contributed by atoms with Gasteiger partial charge in [-0.15, -0.1) is 0 Å². The van der Waals surface area contributed by atoms with Gasteiger partial charge < -0.3 is 10.2 Å². The smallest absolute Gasteiger partial charge is 0.258 e. The molecule has 4 heteroatoms. The fourth-order valence-corrected chi connectivity index (χ4v) is 4.48. The van der Waals surface area contributed by atoms with E-state index in [0.29, 0.717) is 10.6 Å². The Kier molecular flexibility index (Phi) is 5.59. The van der Waals surface area contributed by atoms with Gasteiger partial charge in [0, 0.05) is 33.9 Å². The Balaban J connectivity index is 1.76. The first kappa shape index (κ1) is 19.5. The van der Waals surface area contributed by atoms with Crippen molar-refractivity contribution in [3.05, 3.63) is 95.0 Å². The molecule has 3 aromatic carbocycles. The molecule has 29 heavy (non-hydrogen) atoms. The minimum Gasteiger partial charge on any atom is -0.378 e. The van der Waals surface area contributed by atoms with Crippen molar-refractivity contribution >= 4 is 28.9 Å². The van der Waals surface area contributed by atoms with E-state index in [2.05, 4.69) is 43.4 Å². The molecule has 0 aromatic heterocycles. The fraction of sp³-hybridized carbons (Fsp3) is 0.240. The van der Waals surface area contributed by atoms with Gasteiger partial charge in [0.25, 0.3) is 5.91 Å². The number of rotatable bonds is 4. The zero-order valence-electron chi connectivity index (χ0n) is 16.7. The van der Waals surface area contributed by atoms with Crippen LogP contribution in [0.3, 0.4) is 0 Å². The number of para-hydroxylation sites is 2. The number of halogens is 1. The van der Waals surface area contributed by atoms with E-state index in [9.17, 15) is 4.79 Å². The molecule has 0 saturated heterocycles. The SMILES string of the molecule is CC[C@H]1[C@@H](C)[C@H](Nc2ccccc2)c2ccccc2N1C(=O)c1ccc(Cl)cc1. The molecular formula is C25H25ClN2O. The van der Waals surface area contributed by atoms with E-state index in [0.717, 1.165) is 23.4 Å². The largest absolute Gasteiger partial charge is 0.378 e. The van der Waals surface area contributed by atoms with Crippen LogP contribution in [-0.4, -0.2) is 11.9 Å². The van der Waals surface area contributed by atoms with Crippen LogP contribution in [0, 0.1) is 5.92 Å². The Bertz CT molecular complexity index is 987.